The first-order valence-electron chi connectivity index (χ1n) is 12.4. The molecular weight excluding hydrogens is 478 g/mol. The smallest absolute Gasteiger partial charge is 0.305 e. The third-order valence-corrected chi connectivity index (χ3v) is 9.79. The molecule has 0 saturated heterocycles. The van der Waals surface area contributed by atoms with Gasteiger partial charge in [0.25, 0.3) is 5.79 Å². The molecule has 3 aromatic rings. The second kappa shape index (κ2) is 9.64. The predicted molar refractivity (Wildman–Crippen MR) is 136 cm³/mol. The van der Waals surface area contributed by atoms with E-state index in [1.54, 1.807) is 0 Å². The number of halogens is 2. The molecule has 7 rings (SSSR count). The van der Waals surface area contributed by atoms with E-state index in [0.717, 1.165) is 13.3 Å². The van der Waals surface area contributed by atoms with Crippen LogP contribution >= 0.6 is 0 Å². The lowest BCUT2D eigenvalue weighted by molar-refractivity contribution is -0.374. The molecule has 188 valence electrons. The van der Waals surface area contributed by atoms with Crippen molar-refractivity contribution in [2.75, 3.05) is 0 Å². The van der Waals surface area contributed by atoms with Crippen LogP contribution in [0, 0.1) is 11.8 Å². The number of ether oxygens (including phenoxy) is 1. The van der Waals surface area contributed by atoms with Crippen LogP contribution in [-0.4, -0.2) is 28.2 Å². The van der Waals surface area contributed by atoms with Gasteiger partial charge in [0.2, 0.25) is 0 Å². The Bertz CT molecular complexity index is 1060. The van der Waals surface area contributed by atoms with Crippen molar-refractivity contribution in [3.8, 4) is 0 Å². The first kappa shape index (κ1) is 25.0. The average molecular weight is 510 g/mol. The van der Waals surface area contributed by atoms with E-state index in [-0.39, 0.29) is 48.4 Å². The monoisotopic (exact) mass is 509 g/mol. The van der Waals surface area contributed by atoms with E-state index < -0.39 is 23.1 Å². The minimum absolute atomic E-state index is 0.0146. The van der Waals surface area contributed by atoms with Gasteiger partial charge < -0.3 is 9.84 Å². The maximum atomic E-state index is 14.8. The Morgan fingerprint density at radius 3 is 1.39 bits per heavy atom. The fourth-order valence-corrected chi connectivity index (χ4v) is 8.47. The number of alkyl halides is 2. The number of carbonyl (C=O) groups is 1. The van der Waals surface area contributed by atoms with Crippen LogP contribution in [0.1, 0.15) is 39.0 Å². The van der Waals surface area contributed by atoms with Crippen molar-refractivity contribution in [3.05, 3.63) is 91.0 Å². The third kappa shape index (κ3) is 4.46. The number of esters is 1. The molecule has 4 saturated carbocycles. The van der Waals surface area contributed by atoms with Crippen LogP contribution in [0.5, 0.6) is 0 Å². The van der Waals surface area contributed by atoms with Crippen LogP contribution in [0.2, 0.25) is 0 Å². The Morgan fingerprint density at radius 2 is 1.08 bits per heavy atom. The molecule has 0 spiro atoms. The molecule has 4 aliphatic carbocycles. The quantitative estimate of drug-likeness (QED) is 0.243. The summed E-state index contributed by atoms with van der Waals surface area (Å²) in [6.45, 7) is 1.07. The molecule has 3 nitrogen and oxygen atoms in total. The Kier molecular flexibility index (Phi) is 6.69. The first-order chi connectivity index (χ1) is 17.2. The summed E-state index contributed by atoms with van der Waals surface area (Å²) in [4.78, 5) is 15.1. The molecule has 36 heavy (non-hydrogen) atoms. The molecule has 0 aliphatic heterocycles. The topological polar surface area (TPSA) is 46.5 Å². The van der Waals surface area contributed by atoms with Gasteiger partial charge >= 0.3 is 5.97 Å². The number of rotatable bonds is 4. The molecule has 0 radical (unpaired) electrons. The highest BCUT2D eigenvalue weighted by Gasteiger charge is 2.76. The molecule has 0 atom stereocenters. The van der Waals surface area contributed by atoms with E-state index in [4.69, 9.17) is 0 Å². The summed E-state index contributed by atoms with van der Waals surface area (Å²) >= 11 is 0. The van der Waals surface area contributed by atoms with Gasteiger partial charge in [-0.05, 0) is 80.3 Å². The summed E-state index contributed by atoms with van der Waals surface area (Å²) in [7, 11) is -0.0146. The van der Waals surface area contributed by atoms with Crippen LogP contribution < -0.4 is 0 Å². The largest absolute Gasteiger partial charge is 0.426 e. The normalized spacial score (nSPS) is 32.0. The van der Waals surface area contributed by atoms with E-state index >= 15 is 0 Å². The highest BCUT2D eigenvalue weighted by atomic mass is 32.2. The molecule has 0 heterocycles. The summed E-state index contributed by atoms with van der Waals surface area (Å²) in [5.41, 5.74) is -4.23. The second-order valence-electron chi connectivity index (χ2n) is 10.2. The molecule has 3 aromatic carbocycles. The number of benzene rings is 3. The van der Waals surface area contributed by atoms with E-state index in [2.05, 4.69) is 95.7 Å². The molecule has 4 fully saturated rings. The molecule has 6 heteroatoms. The second-order valence-corrected chi connectivity index (χ2v) is 12.2. The van der Waals surface area contributed by atoms with Crippen molar-refractivity contribution in [2.45, 2.75) is 70.8 Å². The molecule has 0 amide bonds. The summed E-state index contributed by atoms with van der Waals surface area (Å²) in [6, 6.07) is 32.2. The van der Waals surface area contributed by atoms with Crippen LogP contribution in [0.25, 0.3) is 0 Å². The summed E-state index contributed by atoms with van der Waals surface area (Å²) in [5.74, 6) is -3.49. The fraction of sp³-hybridized carbons (Fsp3) is 0.367. The third-order valence-electron chi connectivity index (χ3n) is 7.56. The van der Waals surface area contributed by atoms with E-state index in [1.165, 1.54) is 14.7 Å². The summed E-state index contributed by atoms with van der Waals surface area (Å²) < 4.78 is 34.2. The van der Waals surface area contributed by atoms with E-state index in [9.17, 15) is 18.7 Å². The zero-order chi connectivity index (χ0) is 25.4. The Balaban J connectivity index is 0.000000149. The van der Waals surface area contributed by atoms with Gasteiger partial charge in [-0.25, -0.2) is 8.78 Å². The van der Waals surface area contributed by atoms with Gasteiger partial charge in [0, 0.05) is 6.92 Å². The fourth-order valence-electron chi connectivity index (χ4n) is 6.37. The molecule has 0 unspecified atom stereocenters. The predicted octanol–water partition coefficient (Wildman–Crippen LogP) is 6.66. The van der Waals surface area contributed by atoms with Crippen LogP contribution in [0.15, 0.2) is 106 Å². The van der Waals surface area contributed by atoms with Crippen molar-refractivity contribution >= 4 is 16.9 Å². The van der Waals surface area contributed by atoms with Crippen LogP contribution in [-0.2, 0) is 20.4 Å². The number of hydrogen-bond donors (Lipinski definition) is 1. The standard InChI is InChI=1S/C18H15S.C12H16F2O3/c1-4-10-16(11-5-1)19(17-12-6-2-7-13-17)18-14-8-3-9-15-18;1-7(15)17-12(16)10(13)3-8-2-9(5-10)6-11(12,14)4-8/h1-15H;8-9,16H,2-6H2,1H3/q+1;. The van der Waals surface area contributed by atoms with Crippen molar-refractivity contribution in [1.82, 2.24) is 0 Å². The first-order valence-corrected chi connectivity index (χ1v) is 13.6. The van der Waals surface area contributed by atoms with Crippen LogP contribution in [0.4, 0.5) is 8.78 Å². The van der Waals surface area contributed by atoms with E-state index in [1.807, 2.05) is 0 Å². The SMILES string of the molecule is CC(=O)OC1(O)C2(F)CC3CC(C2)CC1(F)C3.c1ccc([S+](c2ccccc2)c2ccccc2)cc1. The summed E-state index contributed by atoms with van der Waals surface area (Å²) in [5, 5.41) is 10.3. The van der Waals surface area contributed by atoms with Gasteiger partial charge in [-0.3, -0.25) is 4.79 Å². The van der Waals surface area contributed by atoms with Crippen molar-refractivity contribution in [2.24, 2.45) is 11.8 Å². The molecular formula is C30H31F2O3S+. The van der Waals surface area contributed by atoms with Crippen molar-refractivity contribution in [1.29, 1.82) is 0 Å². The molecule has 4 aliphatic rings. The van der Waals surface area contributed by atoms with Crippen molar-refractivity contribution < 1.29 is 23.4 Å². The number of aliphatic hydroxyl groups is 1. The molecule has 4 bridgehead atoms. The Labute approximate surface area is 213 Å². The molecule has 0 aromatic heterocycles. The van der Waals surface area contributed by atoms with Gasteiger partial charge in [-0.15, -0.1) is 0 Å². The highest BCUT2D eigenvalue weighted by molar-refractivity contribution is 7.97. The Hall–Kier alpha value is -2.70. The minimum atomic E-state index is -2.58. The molecule has 1 N–H and O–H groups in total. The van der Waals surface area contributed by atoms with Gasteiger partial charge in [-0.2, -0.15) is 0 Å². The maximum absolute atomic E-state index is 14.8. The maximum Gasteiger partial charge on any atom is 0.305 e. The van der Waals surface area contributed by atoms with E-state index in [0.29, 0.717) is 0 Å². The summed E-state index contributed by atoms with van der Waals surface area (Å²) in [6.07, 6.45) is 1.21. The van der Waals surface area contributed by atoms with Gasteiger partial charge in [0.1, 0.15) is 0 Å². The van der Waals surface area contributed by atoms with Gasteiger partial charge in [0.05, 0.1) is 10.9 Å². The lowest BCUT2D eigenvalue weighted by Crippen LogP contribution is -2.75. The van der Waals surface area contributed by atoms with Gasteiger partial charge in [0.15, 0.2) is 26.0 Å². The zero-order valence-corrected chi connectivity index (χ0v) is 21.1. The lowest BCUT2D eigenvalue weighted by atomic mass is 9.50. The van der Waals surface area contributed by atoms with Crippen molar-refractivity contribution in [3.63, 3.8) is 0 Å². The number of hydrogen-bond acceptors (Lipinski definition) is 3. The minimum Gasteiger partial charge on any atom is -0.426 e. The van der Waals surface area contributed by atoms with Gasteiger partial charge in [-0.1, -0.05) is 54.6 Å². The highest BCUT2D eigenvalue weighted by Crippen LogP contribution is 2.65. The van der Waals surface area contributed by atoms with Crippen LogP contribution in [0.3, 0.4) is 0 Å². The lowest BCUT2D eigenvalue weighted by Gasteiger charge is -2.62. The average Bonchev–Trinajstić information content (AvgIpc) is 2.84. The number of carbonyl (C=O) groups excluding carboxylic acids is 1. The zero-order valence-electron chi connectivity index (χ0n) is 20.3. The Morgan fingerprint density at radius 1 is 0.750 bits per heavy atom.